The van der Waals surface area contributed by atoms with Crippen molar-refractivity contribution in [2.24, 2.45) is 5.41 Å². The zero-order chi connectivity index (χ0) is 12.9. The topological polar surface area (TPSA) is 30.7 Å². The maximum absolute atomic E-state index is 4.59. The number of rotatable bonds is 4. The molecule has 0 unspecified atom stereocenters. The van der Waals surface area contributed by atoms with Gasteiger partial charge in [-0.1, -0.05) is 19.8 Å². The summed E-state index contributed by atoms with van der Waals surface area (Å²) in [5, 5.41) is 9.08. The smallest absolute Gasteiger partial charge is 0.136 e. The van der Waals surface area contributed by atoms with Crippen molar-refractivity contribution in [1.82, 2.24) is 14.8 Å². The third-order valence-electron chi connectivity index (χ3n) is 5.57. The van der Waals surface area contributed by atoms with E-state index in [0.717, 1.165) is 23.8 Å². The van der Waals surface area contributed by atoms with E-state index in [4.69, 9.17) is 0 Å². The maximum Gasteiger partial charge on any atom is 0.136 e. The molecule has 1 spiro atoms. The molecule has 0 N–H and O–H groups in total. The molecule has 1 aromatic heterocycles. The van der Waals surface area contributed by atoms with Gasteiger partial charge in [0, 0.05) is 18.4 Å². The van der Waals surface area contributed by atoms with Gasteiger partial charge in [-0.25, -0.2) is 0 Å². The minimum atomic E-state index is 0.718. The van der Waals surface area contributed by atoms with Gasteiger partial charge in [-0.3, -0.25) is 0 Å². The highest BCUT2D eigenvalue weighted by Crippen LogP contribution is 2.59. The molecule has 19 heavy (non-hydrogen) atoms. The van der Waals surface area contributed by atoms with Crippen LogP contribution in [0.15, 0.2) is 0 Å². The van der Waals surface area contributed by atoms with Gasteiger partial charge in [-0.15, -0.1) is 10.2 Å². The Labute approximate surface area is 115 Å². The molecule has 1 heterocycles. The summed E-state index contributed by atoms with van der Waals surface area (Å²) in [6, 6.07) is 0.742. The zero-order valence-electron chi connectivity index (χ0n) is 12.1. The summed E-state index contributed by atoms with van der Waals surface area (Å²) in [5.41, 5.74) is 0.718. The second kappa shape index (κ2) is 4.32. The van der Waals surface area contributed by atoms with Gasteiger partial charge in [0.05, 0.1) is 0 Å². The zero-order valence-corrected chi connectivity index (χ0v) is 12.1. The predicted molar refractivity (Wildman–Crippen MR) is 75.2 cm³/mol. The van der Waals surface area contributed by atoms with Crippen LogP contribution in [-0.2, 0) is 6.42 Å². The fourth-order valence-electron chi connectivity index (χ4n) is 4.44. The van der Waals surface area contributed by atoms with E-state index in [-0.39, 0.29) is 0 Å². The Kier molecular flexibility index (Phi) is 2.71. The minimum Gasteiger partial charge on any atom is -0.312 e. The molecule has 3 saturated carbocycles. The number of hydrogen-bond acceptors (Lipinski definition) is 2. The average Bonchev–Trinajstić information content (AvgIpc) is 2.93. The molecule has 4 rings (SSSR count). The van der Waals surface area contributed by atoms with Crippen LogP contribution in [0, 0.1) is 5.41 Å². The summed E-state index contributed by atoms with van der Waals surface area (Å²) in [5.74, 6) is 3.31. The van der Waals surface area contributed by atoms with Crippen LogP contribution in [-0.4, -0.2) is 14.8 Å². The Morgan fingerprint density at radius 3 is 2.53 bits per heavy atom. The van der Waals surface area contributed by atoms with E-state index in [1.807, 2.05) is 0 Å². The summed E-state index contributed by atoms with van der Waals surface area (Å²) < 4.78 is 2.52. The van der Waals surface area contributed by atoms with Crippen LogP contribution >= 0.6 is 0 Å². The molecule has 3 nitrogen and oxygen atoms in total. The highest BCUT2D eigenvalue weighted by Gasteiger charge is 2.48. The van der Waals surface area contributed by atoms with Crippen LogP contribution in [0.4, 0.5) is 0 Å². The Morgan fingerprint density at radius 1 is 1.16 bits per heavy atom. The molecule has 104 valence electrons. The summed E-state index contributed by atoms with van der Waals surface area (Å²) >= 11 is 0. The first kappa shape index (κ1) is 11.9. The first-order chi connectivity index (χ1) is 9.31. The van der Waals surface area contributed by atoms with E-state index < -0.39 is 0 Å². The van der Waals surface area contributed by atoms with Crippen LogP contribution in [0.5, 0.6) is 0 Å². The monoisotopic (exact) mass is 259 g/mol. The lowest BCUT2D eigenvalue weighted by Crippen LogP contribution is -2.34. The van der Waals surface area contributed by atoms with E-state index in [0.29, 0.717) is 0 Å². The summed E-state index contributed by atoms with van der Waals surface area (Å²) in [6.45, 7) is 2.24. The molecule has 0 atom stereocenters. The number of hydrogen-bond donors (Lipinski definition) is 0. The fraction of sp³-hybridized carbons (Fsp3) is 0.875. The van der Waals surface area contributed by atoms with Gasteiger partial charge >= 0.3 is 0 Å². The van der Waals surface area contributed by atoms with Crippen LogP contribution in [0.3, 0.4) is 0 Å². The van der Waals surface area contributed by atoms with Gasteiger partial charge in [0.25, 0.3) is 0 Å². The second-order valence-corrected chi connectivity index (χ2v) is 7.14. The van der Waals surface area contributed by atoms with Crippen LogP contribution in [0.25, 0.3) is 0 Å². The molecule has 3 aliphatic rings. The number of aromatic nitrogens is 3. The molecule has 1 aromatic rings. The Hall–Kier alpha value is -0.860. The maximum atomic E-state index is 4.59. The van der Waals surface area contributed by atoms with E-state index in [1.165, 1.54) is 69.4 Å². The largest absolute Gasteiger partial charge is 0.312 e. The van der Waals surface area contributed by atoms with Crippen LogP contribution < -0.4 is 0 Å². The minimum absolute atomic E-state index is 0.718. The van der Waals surface area contributed by atoms with Crippen molar-refractivity contribution in [3.8, 4) is 0 Å². The van der Waals surface area contributed by atoms with Crippen molar-refractivity contribution in [2.75, 3.05) is 0 Å². The van der Waals surface area contributed by atoms with E-state index >= 15 is 0 Å². The summed E-state index contributed by atoms with van der Waals surface area (Å²) in [7, 11) is 0. The van der Waals surface area contributed by atoms with Crippen molar-refractivity contribution < 1.29 is 0 Å². The van der Waals surface area contributed by atoms with Crippen molar-refractivity contribution >= 4 is 0 Å². The number of nitrogens with zero attached hydrogens (tertiary/aromatic N) is 3. The van der Waals surface area contributed by atoms with E-state index in [9.17, 15) is 0 Å². The van der Waals surface area contributed by atoms with Gasteiger partial charge in [0.15, 0.2) is 0 Å². The first-order valence-corrected chi connectivity index (χ1v) is 8.25. The normalized spacial score (nSPS) is 25.9. The standard InChI is InChI=1S/C16H25N3/c1-2-5-14-17-18-15(19(14)13-6-7-13)12-10-16(11-12)8-3-4-9-16/h12-13H,2-11H2,1H3. The molecule has 0 amide bonds. The van der Waals surface area contributed by atoms with Crippen LogP contribution in [0.2, 0.25) is 0 Å². The molecule has 0 bridgehead atoms. The molecule has 0 saturated heterocycles. The Balaban J connectivity index is 1.55. The average molecular weight is 259 g/mol. The summed E-state index contributed by atoms with van der Waals surface area (Å²) in [4.78, 5) is 0. The van der Waals surface area contributed by atoms with Gasteiger partial charge in [0.1, 0.15) is 11.6 Å². The van der Waals surface area contributed by atoms with Crippen molar-refractivity contribution in [1.29, 1.82) is 0 Å². The third-order valence-corrected chi connectivity index (χ3v) is 5.57. The lowest BCUT2D eigenvalue weighted by atomic mass is 9.60. The highest BCUT2D eigenvalue weighted by molar-refractivity contribution is 5.14. The quantitative estimate of drug-likeness (QED) is 0.818. The highest BCUT2D eigenvalue weighted by atomic mass is 15.3. The number of aryl methyl sites for hydroxylation is 1. The molecular formula is C16H25N3. The third kappa shape index (κ3) is 1.93. The van der Waals surface area contributed by atoms with Crippen molar-refractivity contribution in [3.63, 3.8) is 0 Å². The molecular weight excluding hydrogens is 234 g/mol. The van der Waals surface area contributed by atoms with Gasteiger partial charge in [0.2, 0.25) is 0 Å². The SMILES string of the molecule is CCCc1nnc(C2CC3(CCCC3)C2)n1C1CC1. The van der Waals surface area contributed by atoms with Crippen molar-refractivity contribution in [2.45, 2.75) is 83.1 Å². The van der Waals surface area contributed by atoms with Crippen LogP contribution in [0.1, 0.15) is 88.3 Å². The van der Waals surface area contributed by atoms with E-state index in [2.05, 4.69) is 21.7 Å². The molecule has 0 radical (unpaired) electrons. The fourth-order valence-corrected chi connectivity index (χ4v) is 4.44. The molecule has 0 aliphatic heterocycles. The Bertz CT molecular complexity index is 458. The molecule has 3 aliphatic carbocycles. The van der Waals surface area contributed by atoms with Gasteiger partial charge in [-0.05, 0) is 50.4 Å². The van der Waals surface area contributed by atoms with Gasteiger partial charge in [-0.2, -0.15) is 0 Å². The van der Waals surface area contributed by atoms with Gasteiger partial charge < -0.3 is 4.57 Å². The summed E-state index contributed by atoms with van der Waals surface area (Å²) in [6.07, 6.45) is 13.6. The lowest BCUT2D eigenvalue weighted by Gasteiger charge is -2.45. The first-order valence-electron chi connectivity index (χ1n) is 8.25. The van der Waals surface area contributed by atoms with E-state index in [1.54, 1.807) is 0 Å². The molecule has 3 fully saturated rings. The molecule has 0 aromatic carbocycles. The second-order valence-electron chi connectivity index (χ2n) is 7.14. The lowest BCUT2D eigenvalue weighted by molar-refractivity contribution is 0.103. The van der Waals surface area contributed by atoms with Crippen molar-refractivity contribution in [3.05, 3.63) is 11.6 Å². The molecule has 3 heteroatoms. The predicted octanol–water partition coefficient (Wildman–Crippen LogP) is 4.00. The Morgan fingerprint density at radius 2 is 1.89 bits per heavy atom.